The van der Waals surface area contributed by atoms with Crippen LogP contribution in [-0.4, -0.2) is 49.2 Å². The highest BCUT2D eigenvalue weighted by Crippen LogP contribution is 2.22. The maximum absolute atomic E-state index is 12.7. The second-order valence-electron chi connectivity index (χ2n) is 9.91. The first-order valence-electron chi connectivity index (χ1n) is 9.98. The van der Waals surface area contributed by atoms with Gasteiger partial charge in [-0.15, -0.1) is 0 Å². The second-order valence-corrected chi connectivity index (χ2v) is 9.91. The van der Waals surface area contributed by atoms with Crippen molar-refractivity contribution < 1.29 is 4.79 Å². The van der Waals surface area contributed by atoms with Gasteiger partial charge in [-0.1, -0.05) is 33.6 Å². The molecule has 25 heavy (non-hydrogen) atoms. The molecule has 0 aromatic rings. The zero-order valence-electron chi connectivity index (χ0n) is 17.6. The molecule has 1 saturated heterocycles. The number of rotatable bonds is 8. The Bertz CT molecular complexity index is 389. The molecule has 0 spiro atoms. The van der Waals surface area contributed by atoms with E-state index < -0.39 is 0 Å². The lowest BCUT2D eigenvalue weighted by Crippen LogP contribution is -2.58. The Morgan fingerprint density at radius 3 is 2.28 bits per heavy atom. The largest absolute Gasteiger partial charge is 0.353 e. The van der Waals surface area contributed by atoms with Crippen LogP contribution in [0.5, 0.6) is 0 Å². The molecule has 1 fully saturated rings. The van der Waals surface area contributed by atoms with Gasteiger partial charge in [0, 0.05) is 37.3 Å². The summed E-state index contributed by atoms with van der Waals surface area (Å²) in [5.74, 6) is 0.131. The van der Waals surface area contributed by atoms with E-state index in [-0.39, 0.29) is 17.5 Å². The van der Waals surface area contributed by atoms with E-state index in [1.54, 1.807) is 0 Å². The van der Waals surface area contributed by atoms with Gasteiger partial charge in [0.25, 0.3) is 0 Å². The first-order chi connectivity index (χ1) is 11.5. The summed E-state index contributed by atoms with van der Waals surface area (Å²) in [6.45, 7) is 17.9. The van der Waals surface area contributed by atoms with Crippen LogP contribution in [0.2, 0.25) is 0 Å². The van der Waals surface area contributed by atoms with Gasteiger partial charge in [-0.2, -0.15) is 0 Å². The molecule has 1 aliphatic heterocycles. The summed E-state index contributed by atoms with van der Waals surface area (Å²) < 4.78 is 0. The van der Waals surface area contributed by atoms with Gasteiger partial charge < -0.3 is 21.3 Å². The Balaban J connectivity index is 2.43. The lowest BCUT2D eigenvalue weighted by molar-refractivity contribution is -0.124. The molecule has 0 aromatic heterocycles. The molecule has 0 bridgehead atoms. The first-order valence-corrected chi connectivity index (χ1v) is 9.98. The minimum atomic E-state index is -0.115. The van der Waals surface area contributed by atoms with Crippen molar-refractivity contribution in [3.05, 3.63) is 0 Å². The Labute approximate surface area is 155 Å². The van der Waals surface area contributed by atoms with Gasteiger partial charge in [0.2, 0.25) is 5.91 Å². The highest BCUT2D eigenvalue weighted by atomic mass is 16.2. The van der Waals surface area contributed by atoms with Crippen LogP contribution >= 0.6 is 0 Å². The lowest BCUT2D eigenvalue weighted by Gasteiger charge is -2.31. The average molecular weight is 355 g/mol. The highest BCUT2D eigenvalue weighted by Gasteiger charge is 2.25. The third-order valence-electron chi connectivity index (χ3n) is 4.54. The number of carbonyl (C=O) groups excluding carboxylic acids is 1. The zero-order valence-corrected chi connectivity index (χ0v) is 17.6. The third-order valence-corrected chi connectivity index (χ3v) is 4.54. The number of hydrogen-bond donors (Lipinski definition) is 4. The van der Waals surface area contributed by atoms with E-state index in [9.17, 15) is 4.79 Å². The van der Waals surface area contributed by atoms with Crippen LogP contribution in [0, 0.1) is 5.41 Å². The van der Waals surface area contributed by atoms with Gasteiger partial charge in [-0.25, -0.2) is 0 Å². The van der Waals surface area contributed by atoms with Gasteiger partial charge in [0.15, 0.2) is 0 Å². The molecule has 1 aliphatic rings. The van der Waals surface area contributed by atoms with E-state index in [1.807, 2.05) is 0 Å². The number of amides is 1. The van der Waals surface area contributed by atoms with Gasteiger partial charge >= 0.3 is 0 Å². The van der Waals surface area contributed by atoms with Crippen molar-refractivity contribution in [2.45, 2.75) is 97.8 Å². The van der Waals surface area contributed by atoms with E-state index >= 15 is 0 Å². The van der Waals surface area contributed by atoms with E-state index in [0.717, 1.165) is 25.9 Å². The number of nitrogens with one attached hydrogen (secondary N) is 4. The van der Waals surface area contributed by atoms with Crippen LogP contribution in [-0.2, 0) is 4.79 Å². The predicted octanol–water partition coefficient (Wildman–Crippen LogP) is 2.42. The Kier molecular flexibility index (Phi) is 8.85. The van der Waals surface area contributed by atoms with Gasteiger partial charge in [-0.3, -0.25) is 4.79 Å². The van der Waals surface area contributed by atoms with E-state index in [0.29, 0.717) is 24.0 Å². The normalized spacial score (nSPS) is 23.3. The molecule has 3 atom stereocenters. The maximum atomic E-state index is 12.7. The molecule has 3 unspecified atom stereocenters. The summed E-state index contributed by atoms with van der Waals surface area (Å²) in [5.41, 5.74) is 0.304. The average Bonchev–Trinajstić information content (AvgIpc) is 2.47. The summed E-state index contributed by atoms with van der Waals surface area (Å²) in [6, 6.07) is 0.705. The molecule has 0 aliphatic carbocycles. The molecular formula is C20H42N4O. The monoisotopic (exact) mass is 354 g/mol. The molecule has 1 heterocycles. The smallest absolute Gasteiger partial charge is 0.237 e. The van der Waals surface area contributed by atoms with Crippen LogP contribution in [0.1, 0.15) is 74.1 Å². The minimum absolute atomic E-state index is 0.0634. The molecule has 5 nitrogen and oxygen atoms in total. The zero-order chi connectivity index (χ0) is 19.1. The predicted molar refractivity (Wildman–Crippen MR) is 107 cm³/mol. The summed E-state index contributed by atoms with van der Waals surface area (Å²) in [7, 11) is 0. The molecule has 0 saturated carbocycles. The SMILES string of the molecule is CC1CNC(CNC(=O)C(CCCCC(C)(C)C)NC(C)(C)C)CN1. The third kappa shape index (κ3) is 10.8. The number of piperazine rings is 1. The molecular weight excluding hydrogens is 312 g/mol. The Hall–Kier alpha value is -0.650. The van der Waals surface area contributed by atoms with Crippen molar-refractivity contribution in [1.82, 2.24) is 21.3 Å². The maximum Gasteiger partial charge on any atom is 0.237 e. The number of unbranched alkanes of at least 4 members (excludes halogenated alkanes) is 1. The van der Waals surface area contributed by atoms with Gasteiger partial charge in [-0.05, 0) is 46.0 Å². The second kappa shape index (κ2) is 9.89. The number of carbonyl (C=O) groups is 1. The van der Waals surface area contributed by atoms with E-state index in [1.165, 1.54) is 12.8 Å². The van der Waals surface area contributed by atoms with Crippen LogP contribution in [0.4, 0.5) is 0 Å². The van der Waals surface area contributed by atoms with Crippen molar-refractivity contribution in [2.24, 2.45) is 5.41 Å². The van der Waals surface area contributed by atoms with Crippen molar-refractivity contribution in [3.63, 3.8) is 0 Å². The fraction of sp³-hybridized carbons (Fsp3) is 0.950. The summed E-state index contributed by atoms with van der Waals surface area (Å²) >= 11 is 0. The molecule has 5 heteroatoms. The Morgan fingerprint density at radius 1 is 1.08 bits per heavy atom. The first kappa shape index (κ1) is 22.4. The van der Waals surface area contributed by atoms with Crippen LogP contribution in [0.15, 0.2) is 0 Å². The Morgan fingerprint density at radius 2 is 1.76 bits per heavy atom. The standard InChI is InChI=1S/C20H42N4O/c1-15-12-22-16(13-21-15)14-23-18(25)17(24-20(5,6)7)10-8-9-11-19(2,3)4/h15-17,21-22,24H,8-14H2,1-7H3,(H,23,25). The highest BCUT2D eigenvalue weighted by molar-refractivity contribution is 5.81. The fourth-order valence-corrected chi connectivity index (χ4v) is 3.12. The molecule has 1 rings (SSSR count). The number of hydrogen-bond acceptors (Lipinski definition) is 4. The summed E-state index contributed by atoms with van der Waals surface area (Å²) in [5, 5.41) is 13.6. The van der Waals surface area contributed by atoms with Crippen LogP contribution in [0.25, 0.3) is 0 Å². The van der Waals surface area contributed by atoms with E-state index in [2.05, 4.69) is 69.7 Å². The summed E-state index contributed by atoms with van der Waals surface area (Å²) in [6.07, 6.45) is 4.35. The van der Waals surface area contributed by atoms with Gasteiger partial charge in [0.1, 0.15) is 0 Å². The topological polar surface area (TPSA) is 65.2 Å². The summed E-state index contributed by atoms with van der Waals surface area (Å²) in [4.78, 5) is 12.7. The fourth-order valence-electron chi connectivity index (χ4n) is 3.12. The quantitative estimate of drug-likeness (QED) is 0.506. The minimum Gasteiger partial charge on any atom is -0.353 e. The molecule has 0 aromatic carbocycles. The van der Waals surface area contributed by atoms with Crippen molar-refractivity contribution >= 4 is 5.91 Å². The molecule has 0 radical (unpaired) electrons. The van der Waals surface area contributed by atoms with Crippen molar-refractivity contribution in [3.8, 4) is 0 Å². The molecule has 148 valence electrons. The van der Waals surface area contributed by atoms with E-state index in [4.69, 9.17) is 0 Å². The van der Waals surface area contributed by atoms with Crippen molar-refractivity contribution in [1.29, 1.82) is 0 Å². The van der Waals surface area contributed by atoms with Crippen LogP contribution in [0.3, 0.4) is 0 Å². The molecule has 1 amide bonds. The van der Waals surface area contributed by atoms with Gasteiger partial charge in [0.05, 0.1) is 6.04 Å². The van der Waals surface area contributed by atoms with Crippen molar-refractivity contribution in [2.75, 3.05) is 19.6 Å². The molecule has 4 N–H and O–H groups in total. The lowest BCUT2D eigenvalue weighted by atomic mass is 9.89. The van der Waals surface area contributed by atoms with Crippen LogP contribution < -0.4 is 21.3 Å².